The van der Waals surface area contributed by atoms with Gasteiger partial charge in [0.25, 0.3) is 5.91 Å². The van der Waals surface area contributed by atoms with Gasteiger partial charge in [0.05, 0.1) is 6.42 Å². The van der Waals surface area contributed by atoms with E-state index in [4.69, 9.17) is 5.11 Å². The van der Waals surface area contributed by atoms with Crippen molar-refractivity contribution in [3.8, 4) is 0 Å². The largest absolute Gasteiger partial charge is 0.417 e. The summed E-state index contributed by atoms with van der Waals surface area (Å²) in [6.45, 7) is 2.43. The molecule has 2 amide bonds. The third kappa shape index (κ3) is 4.73. The van der Waals surface area contributed by atoms with Gasteiger partial charge in [0, 0.05) is 5.56 Å². The second-order valence-electron chi connectivity index (χ2n) is 5.00. The van der Waals surface area contributed by atoms with Gasteiger partial charge in [0.15, 0.2) is 5.60 Å². The Morgan fingerprint density at radius 1 is 1.14 bits per heavy atom. The lowest BCUT2D eigenvalue weighted by Crippen LogP contribution is -2.49. The predicted molar refractivity (Wildman–Crippen MR) is 72.7 cm³/mol. The third-order valence-electron chi connectivity index (χ3n) is 3.06. The molecule has 22 heavy (non-hydrogen) atoms. The van der Waals surface area contributed by atoms with E-state index in [0.717, 1.165) is 12.0 Å². The zero-order valence-electron chi connectivity index (χ0n) is 12.1. The van der Waals surface area contributed by atoms with Crippen LogP contribution in [0.5, 0.6) is 0 Å². The van der Waals surface area contributed by atoms with Gasteiger partial charge in [-0.25, -0.2) is 0 Å². The summed E-state index contributed by atoms with van der Waals surface area (Å²) in [5, 5.41) is 9.16. The first kappa shape index (κ1) is 18.0. The summed E-state index contributed by atoms with van der Waals surface area (Å²) in [4.78, 5) is 23.1. The van der Waals surface area contributed by atoms with Crippen molar-refractivity contribution in [2.24, 2.45) is 0 Å². The van der Waals surface area contributed by atoms with Crippen molar-refractivity contribution >= 4 is 11.8 Å². The Kier molecular flexibility index (Phi) is 5.54. The zero-order valence-corrected chi connectivity index (χ0v) is 12.1. The molecule has 0 aliphatic rings. The molecule has 5 nitrogen and oxygen atoms in total. The molecule has 0 saturated carbocycles. The maximum absolute atomic E-state index is 12.4. The maximum Gasteiger partial charge on any atom is 0.417 e. The van der Waals surface area contributed by atoms with Crippen LogP contribution in [-0.4, -0.2) is 28.7 Å². The Balaban J connectivity index is 2.55. The summed E-state index contributed by atoms with van der Waals surface area (Å²) in [6.07, 6.45) is -5.36. The Morgan fingerprint density at radius 3 is 2.14 bits per heavy atom. The summed E-state index contributed by atoms with van der Waals surface area (Å²) in [7, 11) is 0. The van der Waals surface area contributed by atoms with Gasteiger partial charge in [0.2, 0.25) is 5.91 Å². The van der Waals surface area contributed by atoms with Crippen molar-refractivity contribution in [3.05, 3.63) is 35.4 Å². The molecule has 0 aliphatic carbocycles. The molecule has 1 aromatic rings. The first-order valence-corrected chi connectivity index (χ1v) is 6.54. The van der Waals surface area contributed by atoms with E-state index in [1.807, 2.05) is 17.8 Å². The second-order valence-corrected chi connectivity index (χ2v) is 5.00. The molecule has 0 bridgehead atoms. The van der Waals surface area contributed by atoms with Gasteiger partial charge in [-0.3, -0.25) is 20.4 Å². The summed E-state index contributed by atoms with van der Waals surface area (Å²) < 4.78 is 37.2. The van der Waals surface area contributed by atoms with Crippen LogP contribution in [0.15, 0.2) is 24.3 Å². The van der Waals surface area contributed by atoms with Gasteiger partial charge < -0.3 is 5.11 Å². The van der Waals surface area contributed by atoms with Gasteiger partial charge in [-0.1, -0.05) is 19.1 Å². The number of halogens is 3. The third-order valence-corrected chi connectivity index (χ3v) is 3.06. The smallest absolute Gasteiger partial charge is 0.380 e. The minimum atomic E-state index is -4.94. The van der Waals surface area contributed by atoms with Crippen LogP contribution in [0.4, 0.5) is 13.2 Å². The monoisotopic (exact) mass is 318 g/mol. The highest BCUT2D eigenvalue weighted by atomic mass is 19.4. The number of aliphatic hydroxyl groups is 1. The number of hydrogen-bond donors (Lipinski definition) is 3. The Bertz CT molecular complexity index is 539. The molecular formula is C14H17F3N2O3. The average Bonchev–Trinajstić information content (AvgIpc) is 2.43. The molecule has 1 aromatic carbocycles. The van der Waals surface area contributed by atoms with Crippen LogP contribution >= 0.6 is 0 Å². The SMILES string of the molecule is CCc1ccc(C(=O)NNC(=O)C[C@](C)(O)C(F)(F)F)cc1. The number of carbonyl (C=O) groups excluding carboxylic acids is 2. The number of carbonyl (C=O) groups is 2. The highest BCUT2D eigenvalue weighted by Crippen LogP contribution is 2.32. The lowest BCUT2D eigenvalue weighted by Gasteiger charge is -2.25. The molecule has 0 radical (unpaired) electrons. The Morgan fingerprint density at radius 2 is 1.68 bits per heavy atom. The number of benzene rings is 1. The molecular weight excluding hydrogens is 301 g/mol. The van der Waals surface area contributed by atoms with Crippen molar-refractivity contribution in [1.29, 1.82) is 0 Å². The van der Waals surface area contributed by atoms with E-state index < -0.39 is 30.0 Å². The molecule has 0 spiro atoms. The van der Waals surface area contributed by atoms with E-state index in [-0.39, 0.29) is 5.56 Å². The normalized spacial score (nSPS) is 14.1. The fourth-order valence-corrected chi connectivity index (χ4v) is 1.55. The number of nitrogens with one attached hydrogen (secondary N) is 2. The van der Waals surface area contributed by atoms with E-state index in [1.165, 1.54) is 12.1 Å². The van der Waals surface area contributed by atoms with Crippen molar-refractivity contribution in [2.45, 2.75) is 38.5 Å². The van der Waals surface area contributed by atoms with Crippen LogP contribution in [0, 0.1) is 0 Å². The van der Waals surface area contributed by atoms with Crippen LogP contribution in [0.25, 0.3) is 0 Å². The number of hydrogen-bond acceptors (Lipinski definition) is 3. The molecule has 0 fully saturated rings. The van der Waals surface area contributed by atoms with E-state index in [1.54, 1.807) is 12.1 Å². The Hall–Kier alpha value is -2.09. The number of alkyl halides is 3. The van der Waals surface area contributed by atoms with Crippen molar-refractivity contribution < 1.29 is 27.9 Å². The number of amides is 2. The molecule has 1 atom stereocenters. The Labute approximate surface area is 125 Å². The number of rotatable bonds is 4. The molecule has 0 unspecified atom stereocenters. The van der Waals surface area contributed by atoms with Crippen molar-refractivity contribution in [1.82, 2.24) is 10.9 Å². The van der Waals surface area contributed by atoms with Crippen LogP contribution in [0.1, 0.15) is 36.2 Å². The zero-order chi connectivity index (χ0) is 17.0. The predicted octanol–water partition coefficient (Wildman–Crippen LogP) is 1.71. The lowest BCUT2D eigenvalue weighted by atomic mass is 10.0. The fourth-order valence-electron chi connectivity index (χ4n) is 1.55. The minimum Gasteiger partial charge on any atom is -0.380 e. The second kappa shape index (κ2) is 6.78. The van der Waals surface area contributed by atoms with Gasteiger partial charge >= 0.3 is 6.18 Å². The quantitative estimate of drug-likeness (QED) is 0.740. The van der Waals surface area contributed by atoms with E-state index >= 15 is 0 Å². The van der Waals surface area contributed by atoms with Crippen molar-refractivity contribution in [2.75, 3.05) is 0 Å². The molecule has 122 valence electrons. The van der Waals surface area contributed by atoms with Gasteiger partial charge in [0.1, 0.15) is 0 Å². The number of aryl methyl sites for hydroxylation is 1. The summed E-state index contributed by atoms with van der Waals surface area (Å²) in [5.41, 5.74) is 1.94. The van der Waals surface area contributed by atoms with Crippen LogP contribution in [0.3, 0.4) is 0 Å². The van der Waals surface area contributed by atoms with E-state index in [9.17, 15) is 22.8 Å². The van der Waals surface area contributed by atoms with Crippen LogP contribution in [-0.2, 0) is 11.2 Å². The van der Waals surface area contributed by atoms with Gasteiger partial charge in [-0.2, -0.15) is 13.2 Å². The first-order chi connectivity index (χ1) is 10.1. The molecule has 0 heterocycles. The lowest BCUT2D eigenvalue weighted by molar-refractivity contribution is -0.253. The highest BCUT2D eigenvalue weighted by Gasteiger charge is 2.51. The van der Waals surface area contributed by atoms with E-state index in [0.29, 0.717) is 6.92 Å². The van der Waals surface area contributed by atoms with Crippen molar-refractivity contribution in [3.63, 3.8) is 0 Å². The highest BCUT2D eigenvalue weighted by molar-refractivity contribution is 5.95. The standard InChI is InChI=1S/C14H17F3N2O3/c1-3-9-4-6-10(7-5-9)12(21)19-18-11(20)8-13(2,22)14(15,16)17/h4-7,22H,3,8H2,1-2H3,(H,18,20)(H,19,21)/t13-/m0/s1. The van der Waals surface area contributed by atoms with Crippen LogP contribution in [0.2, 0.25) is 0 Å². The van der Waals surface area contributed by atoms with Gasteiger partial charge in [-0.15, -0.1) is 0 Å². The first-order valence-electron chi connectivity index (χ1n) is 6.54. The van der Waals surface area contributed by atoms with Gasteiger partial charge in [-0.05, 0) is 31.0 Å². The van der Waals surface area contributed by atoms with E-state index in [2.05, 4.69) is 0 Å². The molecule has 3 N–H and O–H groups in total. The molecule has 0 saturated heterocycles. The fraction of sp³-hybridized carbons (Fsp3) is 0.429. The summed E-state index contributed by atoms with van der Waals surface area (Å²) >= 11 is 0. The molecule has 8 heteroatoms. The van der Waals surface area contributed by atoms with Crippen LogP contribution < -0.4 is 10.9 Å². The topological polar surface area (TPSA) is 78.4 Å². The molecule has 1 rings (SSSR count). The minimum absolute atomic E-state index is 0.250. The molecule has 0 aliphatic heterocycles. The number of hydrazine groups is 1. The average molecular weight is 318 g/mol. The summed E-state index contributed by atoms with van der Waals surface area (Å²) in [6, 6.07) is 6.52. The summed E-state index contributed by atoms with van der Waals surface area (Å²) in [5.74, 6) is -1.82. The maximum atomic E-state index is 12.4. The molecule has 0 aromatic heterocycles.